The van der Waals surface area contributed by atoms with E-state index < -0.39 is 6.04 Å². The van der Waals surface area contributed by atoms with Gasteiger partial charge in [-0.25, -0.2) is 0 Å². The van der Waals surface area contributed by atoms with Crippen molar-refractivity contribution >= 4 is 64.1 Å². The Labute approximate surface area is 204 Å². The summed E-state index contributed by atoms with van der Waals surface area (Å²) < 4.78 is 1.85. The topological polar surface area (TPSA) is 88.9 Å². The molecule has 0 aliphatic carbocycles. The summed E-state index contributed by atoms with van der Waals surface area (Å²) in [5, 5.41) is 15.8. The second kappa shape index (κ2) is 11.0. The van der Waals surface area contributed by atoms with E-state index in [2.05, 4.69) is 20.8 Å². The number of carbonyl (C=O) groups is 2. The van der Waals surface area contributed by atoms with Gasteiger partial charge in [0.1, 0.15) is 0 Å². The van der Waals surface area contributed by atoms with Crippen LogP contribution in [0.25, 0.3) is 0 Å². The quantitative estimate of drug-likeness (QED) is 0.390. The van der Waals surface area contributed by atoms with Crippen molar-refractivity contribution in [2.45, 2.75) is 31.6 Å². The summed E-state index contributed by atoms with van der Waals surface area (Å²) in [5.74, 6) is 0.136. The summed E-state index contributed by atoms with van der Waals surface area (Å²) >= 11 is 19.3. The SMILES string of the molecule is CCn1c(SCC(=O)Nc2ccccc2Cl)nnc1[C@H](C)NC(=O)c1ccc(Cl)cc1Cl. The van der Waals surface area contributed by atoms with Crippen LogP contribution in [0, 0.1) is 0 Å². The Balaban J connectivity index is 1.65. The monoisotopic (exact) mass is 511 g/mol. The maximum atomic E-state index is 12.6. The molecule has 2 N–H and O–H groups in total. The predicted octanol–water partition coefficient (Wildman–Crippen LogP) is 5.48. The first-order chi connectivity index (χ1) is 15.3. The van der Waals surface area contributed by atoms with E-state index in [1.807, 2.05) is 11.5 Å². The zero-order valence-corrected chi connectivity index (χ0v) is 20.3. The van der Waals surface area contributed by atoms with Gasteiger partial charge < -0.3 is 15.2 Å². The molecule has 0 saturated carbocycles. The minimum atomic E-state index is -0.437. The van der Waals surface area contributed by atoms with Gasteiger partial charge in [0.25, 0.3) is 5.91 Å². The molecular weight excluding hydrogens is 493 g/mol. The molecule has 3 aromatic rings. The Bertz CT molecular complexity index is 1140. The second-order valence-corrected chi connectivity index (χ2v) is 8.91. The van der Waals surface area contributed by atoms with Crippen LogP contribution < -0.4 is 10.6 Å². The number of benzene rings is 2. The van der Waals surface area contributed by atoms with Gasteiger partial charge in [0.05, 0.1) is 33.1 Å². The summed E-state index contributed by atoms with van der Waals surface area (Å²) in [5.41, 5.74) is 0.867. The van der Waals surface area contributed by atoms with Crippen LogP contribution in [0.2, 0.25) is 15.1 Å². The lowest BCUT2D eigenvalue weighted by atomic mass is 10.2. The molecule has 0 unspecified atom stereocenters. The third-order valence-electron chi connectivity index (χ3n) is 4.45. The van der Waals surface area contributed by atoms with Crippen LogP contribution in [0.4, 0.5) is 5.69 Å². The van der Waals surface area contributed by atoms with Crippen LogP contribution in [0.3, 0.4) is 0 Å². The fourth-order valence-electron chi connectivity index (χ4n) is 2.92. The van der Waals surface area contributed by atoms with Crippen LogP contribution >= 0.6 is 46.6 Å². The second-order valence-electron chi connectivity index (χ2n) is 6.72. The molecule has 0 aliphatic heterocycles. The van der Waals surface area contributed by atoms with Crippen LogP contribution in [-0.4, -0.2) is 32.3 Å². The van der Waals surface area contributed by atoms with Crippen LogP contribution in [0.5, 0.6) is 0 Å². The van der Waals surface area contributed by atoms with Gasteiger partial charge in [0.15, 0.2) is 11.0 Å². The average molecular weight is 513 g/mol. The highest BCUT2D eigenvalue weighted by atomic mass is 35.5. The Hall–Kier alpha value is -2.26. The van der Waals surface area contributed by atoms with E-state index in [0.717, 1.165) is 0 Å². The van der Waals surface area contributed by atoms with Gasteiger partial charge in [-0.1, -0.05) is 58.7 Å². The van der Waals surface area contributed by atoms with E-state index >= 15 is 0 Å². The molecule has 168 valence electrons. The lowest BCUT2D eigenvalue weighted by molar-refractivity contribution is -0.113. The van der Waals surface area contributed by atoms with Gasteiger partial charge in [0.2, 0.25) is 5.91 Å². The van der Waals surface area contributed by atoms with E-state index in [1.165, 1.54) is 17.8 Å². The maximum Gasteiger partial charge on any atom is 0.253 e. The molecule has 0 fully saturated rings. The number of hydrogen-bond acceptors (Lipinski definition) is 5. The van der Waals surface area contributed by atoms with Crippen molar-refractivity contribution < 1.29 is 9.59 Å². The van der Waals surface area contributed by atoms with Crippen molar-refractivity contribution in [3.63, 3.8) is 0 Å². The Morgan fingerprint density at radius 2 is 1.84 bits per heavy atom. The molecule has 2 amide bonds. The highest BCUT2D eigenvalue weighted by molar-refractivity contribution is 7.99. The third-order valence-corrected chi connectivity index (χ3v) is 6.30. The van der Waals surface area contributed by atoms with Crippen LogP contribution in [-0.2, 0) is 11.3 Å². The van der Waals surface area contributed by atoms with E-state index in [9.17, 15) is 9.59 Å². The number of rotatable bonds is 8. The summed E-state index contributed by atoms with van der Waals surface area (Å²) in [6.07, 6.45) is 0. The molecule has 1 aromatic heterocycles. The van der Waals surface area contributed by atoms with Crippen molar-refractivity contribution in [3.05, 3.63) is 68.9 Å². The number of halogens is 3. The molecule has 0 radical (unpaired) electrons. The molecule has 0 bridgehead atoms. The normalized spacial score (nSPS) is 11.8. The zero-order chi connectivity index (χ0) is 23.3. The summed E-state index contributed by atoms with van der Waals surface area (Å²) in [4.78, 5) is 24.9. The van der Waals surface area contributed by atoms with E-state index in [1.54, 1.807) is 43.3 Å². The molecule has 1 heterocycles. The molecule has 3 rings (SSSR count). The van der Waals surface area contributed by atoms with E-state index in [-0.39, 0.29) is 22.6 Å². The lowest BCUT2D eigenvalue weighted by Crippen LogP contribution is -2.29. The third kappa shape index (κ3) is 5.95. The van der Waals surface area contributed by atoms with Crippen molar-refractivity contribution in [1.82, 2.24) is 20.1 Å². The molecule has 32 heavy (non-hydrogen) atoms. The molecule has 0 saturated heterocycles. The maximum absolute atomic E-state index is 12.6. The highest BCUT2D eigenvalue weighted by Crippen LogP contribution is 2.25. The van der Waals surface area contributed by atoms with Gasteiger partial charge in [0, 0.05) is 11.6 Å². The first-order valence-corrected chi connectivity index (χ1v) is 11.8. The summed E-state index contributed by atoms with van der Waals surface area (Å²) in [6.45, 7) is 4.31. The fourth-order valence-corrected chi connectivity index (χ4v) is 4.40. The van der Waals surface area contributed by atoms with Gasteiger partial charge in [-0.2, -0.15) is 0 Å². The van der Waals surface area contributed by atoms with Gasteiger partial charge in [-0.15, -0.1) is 10.2 Å². The summed E-state index contributed by atoms with van der Waals surface area (Å²) in [7, 11) is 0. The van der Waals surface area contributed by atoms with Gasteiger partial charge in [-0.05, 0) is 44.2 Å². The molecule has 1 atom stereocenters. The smallest absolute Gasteiger partial charge is 0.253 e. The largest absolute Gasteiger partial charge is 0.342 e. The first-order valence-electron chi connectivity index (χ1n) is 9.66. The Morgan fingerprint density at radius 3 is 2.53 bits per heavy atom. The predicted molar refractivity (Wildman–Crippen MR) is 129 cm³/mol. The first kappa shape index (κ1) is 24.4. The van der Waals surface area contributed by atoms with Crippen LogP contribution in [0.1, 0.15) is 36.1 Å². The summed E-state index contributed by atoms with van der Waals surface area (Å²) in [6, 6.07) is 11.3. The number of nitrogens with one attached hydrogen (secondary N) is 2. The van der Waals surface area contributed by atoms with E-state index in [4.69, 9.17) is 34.8 Å². The van der Waals surface area contributed by atoms with Gasteiger partial charge in [-0.3, -0.25) is 9.59 Å². The number of amides is 2. The minimum Gasteiger partial charge on any atom is -0.342 e. The molecule has 7 nitrogen and oxygen atoms in total. The molecule has 0 spiro atoms. The fraction of sp³-hybridized carbons (Fsp3) is 0.238. The number of hydrogen-bond donors (Lipinski definition) is 2. The average Bonchev–Trinajstić information content (AvgIpc) is 3.17. The van der Waals surface area contributed by atoms with Crippen molar-refractivity contribution in [3.8, 4) is 0 Å². The number of para-hydroxylation sites is 1. The Morgan fingerprint density at radius 1 is 1.09 bits per heavy atom. The number of carbonyl (C=O) groups excluding carboxylic acids is 2. The molecular formula is C21H20Cl3N5O2S. The number of aromatic nitrogens is 3. The standard InChI is InChI=1S/C21H20Cl3N5O2S/c1-3-29-19(12(2)25-20(31)14-9-8-13(22)10-16(14)24)27-28-21(29)32-11-18(30)26-17-7-5-4-6-15(17)23/h4-10,12H,3,11H2,1-2H3,(H,25,31)(H,26,30)/t12-/m0/s1. The number of nitrogens with zero attached hydrogens (tertiary/aromatic N) is 3. The van der Waals surface area contributed by atoms with Crippen LogP contribution in [0.15, 0.2) is 47.6 Å². The minimum absolute atomic E-state index is 0.129. The number of thioether (sulfide) groups is 1. The molecule has 11 heteroatoms. The van der Waals surface area contributed by atoms with Crippen molar-refractivity contribution in [1.29, 1.82) is 0 Å². The Kier molecular flexibility index (Phi) is 8.42. The van der Waals surface area contributed by atoms with E-state index in [0.29, 0.717) is 38.8 Å². The zero-order valence-electron chi connectivity index (χ0n) is 17.2. The van der Waals surface area contributed by atoms with Crippen molar-refractivity contribution in [2.75, 3.05) is 11.1 Å². The number of anilines is 1. The van der Waals surface area contributed by atoms with Crippen molar-refractivity contribution in [2.24, 2.45) is 0 Å². The molecule has 2 aromatic carbocycles. The lowest BCUT2D eigenvalue weighted by Gasteiger charge is -2.15. The molecule has 0 aliphatic rings. The highest BCUT2D eigenvalue weighted by Gasteiger charge is 2.21. The van der Waals surface area contributed by atoms with Gasteiger partial charge >= 0.3 is 0 Å².